The number of hydrogen-bond donors (Lipinski definition) is 1. The highest BCUT2D eigenvalue weighted by Crippen LogP contribution is 2.31. The van der Waals surface area contributed by atoms with Gasteiger partial charge in [-0.1, -0.05) is 46.8 Å². The number of pyridine rings is 1. The second kappa shape index (κ2) is 4.82. The van der Waals surface area contributed by atoms with Crippen molar-refractivity contribution >= 4 is 15.9 Å². The zero-order valence-electron chi connectivity index (χ0n) is 9.18. The van der Waals surface area contributed by atoms with Gasteiger partial charge in [0.2, 0.25) is 0 Å². The lowest BCUT2D eigenvalue weighted by Crippen LogP contribution is -2.24. The Labute approximate surface area is 109 Å². The molecule has 0 spiro atoms. The zero-order chi connectivity index (χ0) is 12.3. The van der Waals surface area contributed by atoms with Gasteiger partial charge in [-0.25, -0.2) is 0 Å². The molecule has 1 aromatic carbocycles. The van der Waals surface area contributed by atoms with Crippen LogP contribution in [0.3, 0.4) is 0 Å². The van der Waals surface area contributed by atoms with Crippen LogP contribution in [-0.2, 0) is 5.60 Å². The van der Waals surface area contributed by atoms with Crippen molar-refractivity contribution in [2.45, 2.75) is 5.60 Å². The molecule has 0 radical (unpaired) electrons. The first-order valence-corrected chi connectivity index (χ1v) is 5.98. The molecule has 0 saturated heterocycles. The Balaban J connectivity index is 2.56. The molecule has 2 rings (SSSR count). The Morgan fingerprint density at radius 3 is 2.59 bits per heavy atom. The van der Waals surface area contributed by atoms with Gasteiger partial charge < -0.3 is 5.11 Å². The number of hydrogen-bond acceptors (Lipinski definition) is 2. The molecular weight excluding hydrogens is 278 g/mol. The molecule has 0 bridgehead atoms. The van der Waals surface area contributed by atoms with Crippen molar-refractivity contribution < 1.29 is 5.11 Å². The van der Waals surface area contributed by atoms with E-state index in [-0.39, 0.29) is 0 Å². The fourth-order valence-corrected chi connectivity index (χ4v) is 2.12. The Morgan fingerprint density at radius 2 is 2.00 bits per heavy atom. The van der Waals surface area contributed by atoms with Crippen LogP contribution in [-0.4, -0.2) is 10.1 Å². The molecule has 86 valence electrons. The molecular formula is C14H12BrNO. The molecule has 2 aromatic rings. The van der Waals surface area contributed by atoms with E-state index < -0.39 is 5.60 Å². The van der Waals surface area contributed by atoms with E-state index in [0.717, 1.165) is 10.0 Å². The maximum atomic E-state index is 10.7. The summed E-state index contributed by atoms with van der Waals surface area (Å²) in [5.74, 6) is 0. The van der Waals surface area contributed by atoms with Crippen LogP contribution in [0.15, 0.2) is 65.9 Å². The first-order valence-electron chi connectivity index (χ1n) is 5.19. The van der Waals surface area contributed by atoms with Gasteiger partial charge in [0.25, 0.3) is 0 Å². The molecule has 1 N–H and O–H groups in total. The van der Waals surface area contributed by atoms with E-state index in [1.807, 2.05) is 30.3 Å². The first-order chi connectivity index (χ1) is 8.16. The zero-order valence-corrected chi connectivity index (χ0v) is 10.8. The normalized spacial score (nSPS) is 14.0. The molecule has 17 heavy (non-hydrogen) atoms. The molecule has 0 amide bonds. The largest absolute Gasteiger partial charge is 0.377 e. The molecule has 2 nitrogen and oxygen atoms in total. The van der Waals surface area contributed by atoms with Crippen LogP contribution < -0.4 is 0 Å². The molecule has 3 heteroatoms. The molecule has 1 aromatic heterocycles. The van der Waals surface area contributed by atoms with Gasteiger partial charge >= 0.3 is 0 Å². The van der Waals surface area contributed by atoms with Crippen molar-refractivity contribution in [1.29, 1.82) is 0 Å². The number of aromatic nitrogens is 1. The minimum Gasteiger partial charge on any atom is -0.377 e. The van der Waals surface area contributed by atoms with E-state index in [9.17, 15) is 5.11 Å². The summed E-state index contributed by atoms with van der Waals surface area (Å²) in [6.07, 6.45) is 4.84. The van der Waals surface area contributed by atoms with Crippen molar-refractivity contribution in [2.24, 2.45) is 0 Å². The molecule has 0 fully saturated rings. The smallest absolute Gasteiger partial charge is 0.134 e. The Bertz CT molecular complexity index is 527. The predicted octanol–water partition coefficient (Wildman–Crippen LogP) is 3.27. The number of aliphatic hydroxyl groups is 1. The lowest BCUT2D eigenvalue weighted by molar-refractivity contribution is 0.134. The number of benzene rings is 1. The van der Waals surface area contributed by atoms with E-state index in [2.05, 4.69) is 27.5 Å². The summed E-state index contributed by atoms with van der Waals surface area (Å²) < 4.78 is 0.916. The molecule has 0 aliphatic rings. The SMILES string of the molecule is C=C[C@](O)(c1cccnc1)c1cccc(Br)c1. The van der Waals surface area contributed by atoms with Gasteiger partial charge in [-0.05, 0) is 23.8 Å². The minimum atomic E-state index is -1.21. The van der Waals surface area contributed by atoms with E-state index >= 15 is 0 Å². The van der Waals surface area contributed by atoms with Gasteiger partial charge in [0.15, 0.2) is 0 Å². The molecule has 0 aliphatic heterocycles. The third kappa shape index (κ3) is 2.30. The van der Waals surface area contributed by atoms with Crippen molar-refractivity contribution in [2.75, 3.05) is 0 Å². The van der Waals surface area contributed by atoms with Crippen molar-refractivity contribution in [1.82, 2.24) is 4.98 Å². The van der Waals surface area contributed by atoms with Gasteiger partial charge in [-0.15, -0.1) is 0 Å². The van der Waals surface area contributed by atoms with Crippen LogP contribution in [0.2, 0.25) is 0 Å². The average molecular weight is 290 g/mol. The monoisotopic (exact) mass is 289 g/mol. The Morgan fingerprint density at radius 1 is 1.24 bits per heavy atom. The third-order valence-electron chi connectivity index (χ3n) is 2.66. The topological polar surface area (TPSA) is 33.1 Å². The van der Waals surface area contributed by atoms with Crippen LogP contribution >= 0.6 is 15.9 Å². The van der Waals surface area contributed by atoms with Gasteiger partial charge in [0, 0.05) is 22.4 Å². The second-order valence-corrected chi connectivity index (χ2v) is 4.64. The summed E-state index contributed by atoms with van der Waals surface area (Å²) in [4.78, 5) is 4.03. The van der Waals surface area contributed by atoms with Crippen LogP contribution in [0, 0.1) is 0 Å². The maximum absolute atomic E-state index is 10.7. The molecule has 0 saturated carbocycles. The summed E-state index contributed by atoms with van der Waals surface area (Å²) >= 11 is 3.40. The summed E-state index contributed by atoms with van der Waals surface area (Å²) in [6.45, 7) is 3.72. The highest BCUT2D eigenvalue weighted by molar-refractivity contribution is 9.10. The molecule has 1 atom stereocenters. The summed E-state index contributed by atoms with van der Waals surface area (Å²) in [5.41, 5.74) is 0.251. The number of nitrogens with zero attached hydrogens (tertiary/aromatic N) is 1. The van der Waals surface area contributed by atoms with Gasteiger partial charge in [0.1, 0.15) is 5.60 Å². The van der Waals surface area contributed by atoms with E-state index in [1.165, 1.54) is 6.08 Å². The second-order valence-electron chi connectivity index (χ2n) is 3.72. The predicted molar refractivity (Wildman–Crippen MR) is 71.6 cm³/mol. The average Bonchev–Trinajstić information content (AvgIpc) is 2.39. The Hall–Kier alpha value is -1.45. The van der Waals surface area contributed by atoms with Crippen molar-refractivity contribution in [3.63, 3.8) is 0 Å². The van der Waals surface area contributed by atoms with Crippen LogP contribution in [0.4, 0.5) is 0 Å². The number of rotatable bonds is 3. The van der Waals surface area contributed by atoms with Gasteiger partial charge in [-0.3, -0.25) is 4.98 Å². The van der Waals surface area contributed by atoms with E-state index in [4.69, 9.17) is 0 Å². The molecule has 0 aliphatic carbocycles. The fraction of sp³-hybridized carbons (Fsp3) is 0.0714. The van der Waals surface area contributed by atoms with Gasteiger partial charge in [-0.2, -0.15) is 0 Å². The van der Waals surface area contributed by atoms with Crippen molar-refractivity contribution in [3.8, 4) is 0 Å². The lowest BCUT2D eigenvalue weighted by atomic mass is 9.87. The highest BCUT2D eigenvalue weighted by Gasteiger charge is 2.28. The van der Waals surface area contributed by atoms with E-state index in [0.29, 0.717) is 5.56 Å². The standard InChI is InChI=1S/C14H12BrNO/c1-2-14(17,12-6-4-8-16-10-12)11-5-3-7-13(15)9-11/h2-10,17H,1H2/t14-/m1/s1. The van der Waals surface area contributed by atoms with Crippen LogP contribution in [0.25, 0.3) is 0 Å². The number of halogens is 1. The molecule has 1 heterocycles. The summed E-state index contributed by atoms with van der Waals surface area (Å²) in [7, 11) is 0. The Kier molecular flexibility index (Phi) is 3.41. The van der Waals surface area contributed by atoms with Crippen LogP contribution in [0.5, 0.6) is 0 Å². The van der Waals surface area contributed by atoms with E-state index in [1.54, 1.807) is 18.5 Å². The van der Waals surface area contributed by atoms with Gasteiger partial charge in [0.05, 0.1) is 0 Å². The lowest BCUT2D eigenvalue weighted by Gasteiger charge is -2.25. The summed E-state index contributed by atoms with van der Waals surface area (Å²) in [5, 5.41) is 10.7. The fourth-order valence-electron chi connectivity index (χ4n) is 1.72. The maximum Gasteiger partial charge on any atom is 0.134 e. The highest BCUT2D eigenvalue weighted by atomic mass is 79.9. The first kappa shape index (κ1) is 12.0. The van der Waals surface area contributed by atoms with Crippen molar-refractivity contribution in [3.05, 3.63) is 77.0 Å². The molecule has 0 unspecified atom stereocenters. The minimum absolute atomic E-state index is 0.702. The summed E-state index contributed by atoms with van der Waals surface area (Å²) in [6, 6.07) is 11.1. The third-order valence-corrected chi connectivity index (χ3v) is 3.16. The quantitative estimate of drug-likeness (QED) is 0.880. The van der Waals surface area contributed by atoms with Crippen LogP contribution in [0.1, 0.15) is 11.1 Å².